The fourth-order valence-electron chi connectivity index (χ4n) is 1.94. The lowest BCUT2D eigenvalue weighted by Gasteiger charge is -2.26. The van der Waals surface area contributed by atoms with E-state index in [0.29, 0.717) is 37.4 Å². The van der Waals surface area contributed by atoms with Crippen LogP contribution in [0.3, 0.4) is 0 Å². The Labute approximate surface area is 91.0 Å². The number of rotatable bonds is 6. The minimum atomic E-state index is -0.296. The van der Waals surface area contributed by atoms with Crippen molar-refractivity contribution in [2.75, 3.05) is 26.3 Å². The zero-order valence-corrected chi connectivity index (χ0v) is 9.63. The van der Waals surface area contributed by atoms with Gasteiger partial charge < -0.3 is 5.32 Å². The molecule has 1 aliphatic rings. The molecule has 0 spiro atoms. The highest BCUT2D eigenvalue weighted by atomic mass is 19.1. The van der Waals surface area contributed by atoms with Crippen LogP contribution in [0.5, 0.6) is 0 Å². The number of nitrogens with zero attached hydrogens (tertiary/aromatic N) is 1. The predicted molar refractivity (Wildman–Crippen MR) is 58.7 cm³/mol. The number of ketones is 1. The summed E-state index contributed by atoms with van der Waals surface area (Å²) in [6.45, 7) is 5.72. The molecule has 1 rings (SSSR count). The van der Waals surface area contributed by atoms with Crippen LogP contribution in [0.15, 0.2) is 0 Å². The van der Waals surface area contributed by atoms with Crippen LogP contribution in [-0.4, -0.2) is 49.1 Å². The Bertz CT molecular complexity index is 209. The molecule has 88 valence electrons. The third kappa shape index (κ3) is 4.26. The molecular formula is C11H21FN2O. The molecule has 1 atom stereocenters. The SMILES string of the molecule is CC(C)N(CCF)CCC1CC(=O)CN1. The molecule has 1 fully saturated rings. The summed E-state index contributed by atoms with van der Waals surface area (Å²) >= 11 is 0. The van der Waals surface area contributed by atoms with Crippen molar-refractivity contribution in [1.82, 2.24) is 10.2 Å². The number of nitrogens with one attached hydrogen (secondary N) is 1. The molecule has 0 aromatic rings. The molecule has 0 aromatic carbocycles. The van der Waals surface area contributed by atoms with Crippen LogP contribution in [0.1, 0.15) is 26.7 Å². The Kier molecular flexibility index (Phi) is 5.19. The number of hydrogen-bond acceptors (Lipinski definition) is 3. The van der Waals surface area contributed by atoms with E-state index in [1.807, 2.05) is 0 Å². The number of carbonyl (C=O) groups excluding carboxylic acids is 1. The third-order valence-electron chi connectivity index (χ3n) is 2.93. The molecule has 1 unspecified atom stereocenters. The summed E-state index contributed by atoms with van der Waals surface area (Å²) in [5.41, 5.74) is 0. The Hall–Kier alpha value is -0.480. The monoisotopic (exact) mass is 216 g/mol. The molecule has 0 radical (unpaired) electrons. The van der Waals surface area contributed by atoms with Gasteiger partial charge in [0.15, 0.2) is 0 Å². The topological polar surface area (TPSA) is 32.3 Å². The molecule has 1 N–H and O–H groups in total. The van der Waals surface area contributed by atoms with Gasteiger partial charge >= 0.3 is 0 Å². The first-order chi connectivity index (χ1) is 7.13. The van der Waals surface area contributed by atoms with Gasteiger partial charge in [-0.1, -0.05) is 0 Å². The summed E-state index contributed by atoms with van der Waals surface area (Å²) in [6, 6.07) is 0.677. The molecule has 1 heterocycles. The van der Waals surface area contributed by atoms with E-state index in [1.165, 1.54) is 0 Å². The molecule has 1 aliphatic heterocycles. The predicted octanol–water partition coefficient (Wildman–Crippen LogP) is 0.987. The molecule has 1 saturated heterocycles. The maximum absolute atomic E-state index is 12.3. The first-order valence-corrected chi connectivity index (χ1v) is 5.68. The largest absolute Gasteiger partial charge is 0.307 e. The minimum Gasteiger partial charge on any atom is -0.307 e. The zero-order chi connectivity index (χ0) is 11.3. The van der Waals surface area contributed by atoms with Crippen molar-refractivity contribution in [1.29, 1.82) is 0 Å². The van der Waals surface area contributed by atoms with Gasteiger partial charge in [0.1, 0.15) is 12.5 Å². The highest BCUT2D eigenvalue weighted by Crippen LogP contribution is 2.08. The standard InChI is InChI=1S/C11H21FN2O/c1-9(2)14(6-4-12)5-3-10-7-11(15)8-13-10/h9-10,13H,3-8H2,1-2H3. The van der Waals surface area contributed by atoms with E-state index in [1.54, 1.807) is 0 Å². The summed E-state index contributed by atoms with van der Waals surface area (Å²) in [4.78, 5) is 13.1. The second-order valence-corrected chi connectivity index (χ2v) is 4.43. The quantitative estimate of drug-likeness (QED) is 0.718. The van der Waals surface area contributed by atoms with Gasteiger partial charge in [0.25, 0.3) is 0 Å². The van der Waals surface area contributed by atoms with Crippen LogP contribution in [-0.2, 0) is 4.79 Å². The number of hydrogen-bond donors (Lipinski definition) is 1. The molecule has 15 heavy (non-hydrogen) atoms. The van der Waals surface area contributed by atoms with Gasteiger partial charge in [-0.05, 0) is 20.3 Å². The van der Waals surface area contributed by atoms with E-state index < -0.39 is 0 Å². The molecule has 0 aliphatic carbocycles. The van der Waals surface area contributed by atoms with E-state index in [2.05, 4.69) is 24.1 Å². The maximum atomic E-state index is 12.3. The molecule has 0 saturated carbocycles. The van der Waals surface area contributed by atoms with E-state index in [4.69, 9.17) is 0 Å². The average Bonchev–Trinajstić information content (AvgIpc) is 2.58. The van der Waals surface area contributed by atoms with Gasteiger partial charge in [-0.25, -0.2) is 4.39 Å². The zero-order valence-electron chi connectivity index (χ0n) is 9.63. The molecule has 0 aromatic heterocycles. The lowest BCUT2D eigenvalue weighted by Crippen LogP contribution is -2.36. The number of alkyl halides is 1. The Morgan fingerprint density at radius 2 is 2.27 bits per heavy atom. The number of carbonyl (C=O) groups is 1. The lowest BCUT2D eigenvalue weighted by atomic mass is 10.1. The Morgan fingerprint density at radius 1 is 1.53 bits per heavy atom. The van der Waals surface area contributed by atoms with Crippen LogP contribution in [0, 0.1) is 0 Å². The highest BCUT2D eigenvalue weighted by Gasteiger charge is 2.21. The Balaban J connectivity index is 2.24. The van der Waals surface area contributed by atoms with Crippen LogP contribution < -0.4 is 5.32 Å². The summed E-state index contributed by atoms with van der Waals surface area (Å²) in [7, 11) is 0. The second kappa shape index (κ2) is 6.18. The normalized spacial score (nSPS) is 21.9. The fourth-order valence-corrected chi connectivity index (χ4v) is 1.94. The van der Waals surface area contributed by atoms with Gasteiger partial charge in [0.2, 0.25) is 0 Å². The molecular weight excluding hydrogens is 195 g/mol. The second-order valence-electron chi connectivity index (χ2n) is 4.43. The number of Topliss-reactive ketones (excluding diaryl/α,β-unsaturated/α-hetero) is 1. The van der Waals surface area contributed by atoms with Crippen molar-refractivity contribution in [2.24, 2.45) is 0 Å². The van der Waals surface area contributed by atoms with E-state index in [-0.39, 0.29) is 6.67 Å². The van der Waals surface area contributed by atoms with Crippen LogP contribution in [0.4, 0.5) is 4.39 Å². The first-order valence-electron chi connectivity index (χ1n) is 5.68. The van der Waals surface area contributed by atoms with Gasteiger partial charge in [-0.2, -0.15) is 0 Å². The van der Waals surface area contributed by atoms with Crippen molar-refractivity contribution < 1.29 is 9.18 Å². The van der Waals surface area contributed by atoms with Gasteiger partial charge in [-0.15, -0.1) is 0 Å². The van der Waals surface area contributed by atoms with Gasteiger partial charge in [0, 0.05) is 31.6 Å². The van der Waals surface area contributed by atoms with Crippen molar-refractivity contribution in [3.05, 3.63) is 0 Å². The van der Waals surface area contributed by atoms with E-state index >= 15 is 0 Å². The van der Waals surface area contributed by atoms with Crippen molar-refractivity contribution in [2.45, 2.75) is 38.8 Å². The molecule has 0 bridgehead atoms. The van der Waals surface area contributed by atoms with Gasteiger partial charge in [0.05, 0.1) is 6.54 Å². The summed E-state index contributed by atoms with van der Waals surface area (Å²) < 4.78 is 12.3. The smallest absolute Gasteiger partial charge is 0.148 e. The lowest BCUT2D eigenvalue weighted by molar-refractivity contribution is -0.116. The Morgan fingerprint density at radius 3 is 2.73 bits per heavy atom. The fraction of sp³-hybridized carbons (Fsp3) is 0.909. The summed E-state index contributed by atoms with van der Waals surface area (Å²) in [5.74, 6) is 0.293. The van der Waals surface area contributed by atoms with Crippen molar-refractivity contribution in [3.63, 3.8) is 0 Å². The first kappa shape index (κ1) is 12.6. The summed E-state index contributed by atoms with van der Waals surface area (Å²) in [5, 5.41) is 3.17. The summed E-state index contributed by atoms with van der Waals surface area (Å²) in [6.07, 6.45) is 1.57. The maximum Gasteiger partial charge on any atom is 0.148 e. The minimum absolute atomic E-state index is 0.293. The average molecular weight is 216 g/mol. The van der Waals surface area contributed by atoms with Gasteiger partial charge in [-0.3, -0.25) is 9.69 Å². The van der Waals surface area contributed by atoms with Crippen LogP contribution in [0.2, 0.25) is 0 Å². The molecule has 3 nitrogen and oxygen atoms in total. The third-order valence-corrected chi connectivity index (χ3v) is 2.93. The molecule has 4 heteroatoms. The van der Waals surface area contributed by atoms with E-state index in [9.17, 15) is 9.18 Å². The van der Waals surface area contributed by atoms with Crippen molar-refractivity contribution in [3.8, 4) is 0 Å². The van der Waals surface area contributed by atoms with Crippen LogP contribution >= 0.6 is 0 Å². The van der Waals surface area contributed by atoms with Crippen LogP contribution in [0.25, 0.3) is 0 Å². The highest BCUT2D eigenvalue weighted by molar-refractivity contribution is 5.83. The van der Waals surface area contributed by atoms with E-state index in [0.717, 1.165) is 13.0 Å². The number of halogens is 1. The molecule has 0 amide bonds. The van der Waals surface area contributed by atoms with Crippen molar-refractivity contribution >= 4 is 5.78 Å².